The second-order valence-electron chi connectivity index (χ2n) is 9.30. The fourth-order valence-corrected chi connectivity index (χ4v) is 5.55. The summed E-state index contributed by atoms with van der Waals surface area (Å²) in [4.78, 5) is 11.2. The predicted octanol–water partition coefficient (Wildman–Crippen LogP) is 3.40. The van der Waals surface area contributed by atoms with Gasteiger partial charge >= 0.3 is 0 Å². The molecular formula is C24H25F4N7O2S. The van der Waals surface area contributed by atoms with Crippen LogP contribution in [0, 0.1) is 11.6 Å². The zero-order valence-corrected chi connectivity index (χ0v) is 21.1. The number of rotatable bonds is 7. The number of hydrogen-bond donors (Lipinski definition) is 3. The van der Waals surface area contributed by atoms with Crippen LogP contribution in [-0.2, 0) is 6.54 Å². The van der Waals surface area contributed by atoms with Crippen molar-refractivity contribution in [3.05, 3.63) is 47.9 Å². The molecule has 0 unspecified atom stereocenters. The Labute approximate surface area is 218 Å². The number of nitrogens with zero attached hydrogens (tertiary/aromatic N) is 5. The summed E-state index contributed by atoms with van der Waals surface area (Å²) in [5.41, 5.74) is 12.4. The number of alkyl halides is 2. The highest BCUT2D eigenvalue weighted by Gasteiger charge is 2.43. The molecule has 14 heteroatoms. The van der Waals surface area contributed by atoms with Crippen LogP contribution in [0.2, 0.25) is 0 Å². The lowest BCUT2D eigenvalue weighted by Gasteiger charge is -2.44. The van der Waals surface area contributed by atoms with Gasteiger partial charge in [0.25, 0.3) is 6.43 Å². The molecular weight excluding hydrogens is 526 g/mol. The van der Waals surface area contributed by atoms with E-state index in [0.29, 0.717) is 40.4 Å². The Morgan fingerprint density at radius 1 is 1.21 bits per heavy atom. The van der Waals surface area contributed by atoms with Crippen LogP contribution in [0.25, 0.3) is 21.6 Å². The molecule has 4 aromatic rings. The van der Waals surface area contributed by atoms with Crippen molar-refractivity contribution >= 4 is 33.4 Å². The van der Waals surface area contributed by atoms with Crippen LogP contribution in [0.3, 0.4) is 0 Å². The van der Waals surface area contributed by atoms with Gasteiger partial charge in [-0.1, -0.05) is 0 Å². The number of pyridine rings is 1. The summed E-state index contributed by atoms with van der Waals surface area (Å²) < 4.78 is 66.9. The van der Waals surface area contributed by atoms with E-state index in [1.54, 1.807) is 21.9 Å². The molecule has 0 saturated carbocycles. The van der Waals surface area contributed by atoms with Gasteiger partial charge in [-0.25, -0.2) is 22.5 Å². The molecule has 4 heterocycles. The highest BCUT2D eigenvalue weighted by Crippen LogP contribution is 2.35. The Morgan fingerprint density at radius 3 is 2.74 bits per heavy atom. The summed E-state index contributed by atoms with van der Waals surface area (Å²) in [6.45, 7) is 0.640. The van der Waals surface area contributed by atoms with Gasteiger partial charge in [0.15, 0.2) is 17.4 Å². The molecule has 2 atom stereocenters. The van der Waals surface area contributed by atoms with Gasteiger partial charge in [-0.05, 0) is 42.1 Å². The quantitative estimate of drug-likeness (QED) is 0.298. The van der Waals surface area contributed by atoms with Gasteiger partial charge < -0.3 is 30.8 Å². The number of aromatic nitrogens is 4. The molecule has 1 aliphatic heterocycles. The minimum atomic E-state index is -3.00. The maximum Gasteiger partial charge on any atom is 0.265 e. The van der Waals surface area contributed by atoms with Crippen molar-refractivity contribution in [2.24, 2.45) is 5.73 Å². The summed E-state index contributed by atoms with van der Waals surface area (Å²) in [5.74, 6) is -1.43. The maximum atomic E-state index is 14.9. The summed E-state index contributed by atoms with van der Waals surface area (Å²) in [7, 11) is 1.24. The number of piperidine rings is 1. The van der Waals surface area contributed by atoms with Crippen LogP contribution < -0.4 is 21.1 Å². The number of fused-ring (bicyclic) bond motifs is 1. The Hall–Kier alpha value is -3.49. The molecule has 0 amide bonds. The highest BCUT2D eigenvalue weighted by atomic mass is 32.1. The van der Waals surface area contributed by atoms with Crippen molar-refractivity contribution in [2.45, 2.75) is 37.5 Å². The van der Waals surface area contributed by atoms with Crippen LogP contribution in [0.15, 0.2) is 30.7 Å². The van der Waals surface area contributed by atoms with Crippen molar-refractivity contribution < 1.29 is 27.4 Å². The first-order valence-corrected chi connectivity index (χ1v) is 12.5. The summed E-state index contributed by atoms with van der Waals surface area (Å²) in [6.07, 6.45) is -1.27. The number of benzene rings is 1. The van der Waals surface area contributed by atoms with E-state index in [2.05, 4.69) is 14.3 Å². The lowest BCUT2D eigenvalue weighted by molar-refractivity contribution is -0.0529. The van der Waals surface area contributed by atoms with E-state index in [1.807, 2.05) is 0 Å². The zero-order valence-electron chi connectivity index (χ0n) is 20.2. The Bertz CT molecular complexity index is 1480. The average Bonchev–Trinajstić information content (AvgIpc) is 3.47. The van der Waals surface area contributed by atoms with Crippen molar-refractivity contribution in [2.75, 3.05) is 30.8 Å². The van der Waals surface area contributed by atoms with E-state index in [0.717, 1.165) is 23.7 Å². The molecule has 0 aliphatic carbocycles. The van der Waals surface area contributed by atoms with E-state index in [1.165, 1.54) is 13.3 Å². The van der Waals surface area contributed by atoms with Crippen molar-refractivity contribution in [3.63, 3.8) is 0 Å². The van der Waals surface area contributed by atoms with Crippen molar-refractivity contribution in [3.8, 4) is 17.0 Å². The molecule has 1 saturated heterocycles. The van der Waals surface area contributed by atoms with E-state index in [9.17, 15) is 22.7 Å². The van der Waals surface area contributed by atoms with Crippen LogP contribution in [0.1, 0.15) is 18.4 Å². The summed E-state index contributed by atoms with van der Waals surface area (Å²) in [6, 6.07) is 3.55. The third kappa shape index (κ3) is 4.63. The molecule has 5 N–H and O–H groups in total. The van der Waals surface area contributed by atoms with Gasteiger partial charge in [-0.2, -0.15) is 4.37 Å². The van der Waals surface area contributed by atoms with Crippen molar-refractivity contribution in [1.29, 1.82) is 0 Å². The number of aliphatic hydroxyl groups excluding tert-OH is 1. The number of nitrogens with two attached hydrogens (primary N) is 2. The van der Waals surface area contributed by atoms with Crippen LogP contribution in [-0.4, -0.2) is 62.3 Å². The number of methoxy groups -OCH3 is 1. The molecule has 3 aromatic heterocycles. The summed E-state index contributed by atoms with van der Waals surface area (Å²) >= 11 is 1.16. The standard InChI is InChI=1S/C24H25F4N7O2S/c1-37-18-7-14(25)13(6-15(18)26)16-5-12(9-35-11-32-19-22(29)33-38-23(19)35)17(8-31-16)34-4-2-3-24(30,10-34)20(36)21(27)28/h5-8,11,20-21,36H,2-4,9-10,30H2,1H3,(H2,29,33)/t20-,24+/m1/s1. The zero-order chi connectivity index (χ0) is 27.2. The number of anilines is 2. The largest absolute Gasteiger partial charge is 0.494 e. The Kier molecular flexibility index (Phi) is 6.88. The van der Waals surface area contributed by atoms with Gasteiger partial charge in [-0.3, -0.25) is 4.98 Å². The molecule has 0 radical (unpaired) electrons. The highest BCUT2D eigenvalue weighted by molar-refractivity contribution is 7.13. The minimum absolute atomic E-state index is 0.0507. The normalized spacial score (nSPS) is 18.9. The SMILES string of the molecule is COc1cc(F)c(-c2cc(Cn3cnc4c(N)nsc43)c(N3CCC[C@@](N)([C@H](O)C(F)F)C3)cn2)cc1F. The van der Waals surface area contributed by atoms with Crippen LogP contribution in [0.5, 0.6) is 5.75 Å². The molecule has 1 aliphatic rings. The Balaban J connectivity index is 1.59. The van der Waals surface area contributed by atoms with E-state index < -0.39 is 29.7 Å². The molecule has 5 rings (SSSR count). The number of halogens is 4. The smallest absolute Gasteiger partial charge is 0.265 e. The molecule has 202 valence electrons. The third-order valence-electron chi connectivity index (χ3n) is 6.81. The van der Waals surface area contributed by atoms with Crippen molar-refractivity contribution in [1.82, 2.24) is 18.9 Å². The summed E-state index contributed by atoms with van der Waals surface area (Å²) in [5, 5.41) is 10.1. The number of aliphatic hydroxyl groups is 1. The molecule has 9 nitrogen and oxygen atoms in total. The van der Waals surface area contributed by atoms with Crippen LogP contribution in [0.4, 0.5) is 29.1 Å². The van der Waals surface area contributed by atoms with Gasteiger partial charge in [-0.15, -0.1) is 0 Å². The first-order chi connectivity index (χ1) is 18.1. The minimum Gasteiger partial charge on any atom is -0.494 e. The Morgan fingerprint density at radius 2 is 2.00 bits per heavy atom. The topological polar surface area (TPSA) is 128 Å². The number of imidazole rings is 1. The van der Waals surface area contributed by atoms with Gasteiger partial charge in [0.2, 0.25) is 0 Å². The lowest BCUT2D eigenvalue weighted by atomic mass is 9.84. The molecule has 38 heavy (non-hydrogen) atoms. The number of hydrogen-bond acceptors (Lipinski definition) is 9. The molecule has 1 fully saturated rings. The van der Waals surface area contributed by atoms with E-state index >= 15 is 0 Å². The first kappa shape index (κ1) is 26.1. The van der Waals surface area contributed by atoms with E-state index in [-0.39, 0.29) is 36.5 Å². The second-order valence-corrected chi connectivity index (χ2v) is 10.0. The third-order valence-corrected chi connectivity index (χ3v) is 7.70. The van der Waals surface area contributed by atoms with Gasteiger partial charge in [0.1, 0.15) is 22.3 Å². The molecule has 0 bridgehead atoms. The van der Waals surface area contributed by atoms with Gasteiger partial charge in [0.05, 0.1) is 43.1 Å². The van der Waals surface area contributed by atoms with Crippen LogP contribution >= 0.6 is 11.5 Å². The predicted molar refractivity (Wildman–Crippen MR) is 135 cm³/mol. The molecule has 1 aromatic carbocycles. The monoisotopic (exact) mass is 551 g/mol. The average molecular weight is 552 g/mol. The maximum absolute atomic E-state index is 14.9. The number of nitrogen functional groups attached to an aromatic ring is 1. The fraction of sp³-hybridized carbons (Fsp3) is 0.375. The van der Waals surface area contributed by atoms with E-state index in [4.69, 9.17) is 16.2 Å². The molecule has 0 spiro atoms. The fourth-order valence-electron chi connectivity index (χ4n) is 4.81. The lowest BCUT2D eigenvalue weighted by Crippen LogP contribution is -2.63. The first-order valence-electron chi connectivity index (χ1n) is 11.7. The van der Waals surface area contributed by atoms with Gasteiger partial charge in [0, 0.05) is 24.7 Å². The second kappa shape index (κ2) is 10.0. The number of ether oxygens (including phenoxy) is 1.